The van der Waals surface area contributed by atoms with E-state index in [-0.39, 0.29) is 11.9 Å². The van der Waals surface area contributed by atoms with Crippen molar-refractivity contribution in [1.29, 1.82) is 0 Å². The normalized spacial score (nSPS) is 12.1. The number of carbonyl (C=O) groups is 1. The van der Waals surface area contributed by atoms with E-state index in [0.717, 1.165) is 18.4 Å². The highest BCUT2D eigenvalue weighted by atomic mass is 16.5. The lowest BCUT2D eigenvalue weighted by atomic mass is 10.0. The molecular formula is C15H22O3. The van der Waals surface area contributed by atoms with Gasteiger partial charge in [0.1, 0.15) is 5.92 Å². The van der Waals surface area contributed by atoms with Gasteiger partial charge in [0.25, 0.3) is 0 Å². The molecule has 1 unspecified atom stereocenters. The molecular weight excluding hydrogens is 228 g/mol. The summed E-state index contributed by atoms with van der Waals surface area (Å²) in [6, 6.07) is 9.65. The second-order valence-electron chi connectivity index (χ2n) is 4.14. The van der Waals surface area contributed by atoms with Crippen LogP contribution < -0.4 is 0 Å². The molecule has 0 aliphatic carbocycles. The Hall–Kier alpha value is -1.35. The number of ether oxygens (including phenoxy) is 2. The molecule has 18 heavy (non-hydrogen) atoms. The molecule has 0 saturated carbocycles. The Balaban J connectivity index is 2.63. The molecule has 0 amide bonds. The Bertz CT molecular complexity index is 335. The van der Waals surface area contributed by atoms with Crippen LogP contribution in [0.4, 0.5) is 0 Å². The van der Waals surface area contributed by atoms with E-state index in [1.54, 1.807) is 0 Å². The van der Waals surface area contributed by atoms with Gasteiger partial charge in [0.15, 0.2) is 0 Å². The Morgan fingerprint density at radius 3 is 2.56 bits per heavy atom. The number of benzene rings is 1. The Kier molecular flexibility index (Phi) is 7.11. The monoisotopic (exact) mass is 250 g/mol. The summed E-state index contributed by atoms with van der Waals surface area (Å²) in [7, 11) is 0. The molecule has 0 aromatic heterocycles. The molecule has 1 aromatic rings. The summed E-state index contributed by atoms with van der Waals surface area (Å²) in [5.41, 5.74) is 0.951. The van der Waals surface area contributed by atoms with Crippen molar-refractivity contribution in [3.05, 3.63) is 35.9 Å². The maximum Gasteiger partial charge on any atom is 0.315 e. The van der Waals surface area contributed by atoms with Crippen LogP contribution in [0, 0.1) is 0 Å². The van der Waals surface area contributed by atoms with E-state index in [4.69, 9.17) is 9.47 Å². The van der Waals surface area contributed by atoms with E-state index in [0.29, 0.717) is 19.8 Å². The third kappa shape index (κ3) is 4.88. The second kappa shape index (κ2) is 8.70. The predicted octanol–water partition coefficient (Wildman–Crippen LogP) is 3.15. The molecule has 0 aliphatic heterocycles. The average molecular weight is 250 g/mol. The minimum absolute atomic E-state index is 0.192. The molecule has 0 fully saturated rings. The van der Waals surface area contributed by atoms with Crippen molar-refractivity contribution in [3.63, 3.8) is 0 Å². The fourth-order valence-electron chi connectivity index (χ4n) is 1.64. The van der Waals surface area contributed by atoms with Gasteiger partial charge >= 0.3 is 5.97 Å². The zero-order valence-electron chi connectivity index (χ0n) is 11.2. The van der Waals surface area contributed by atoms with E-state index in [9.17, 15) is 4.79 Å². The van der Waals surface area contributed by atoms with Crippen molar-refractivity contribution in [2.24, 2.45) is 0 Å². The highest BCUT2D eigenvalue weighted by Crippen LogP contribution is 2.18. The van der Waals surface area contributed by atoms with Gasteiger partial charge in [0, 0.05) is 6.61 Å². The topological polar surface area (TPSA) is 35.5 Å². The molecule has 3 heteroatoms. The lowest BCUT2D eigenvalue weighted by molar-refractivity contribution is -0.147. The largest absolute Gasteiger partial charge is 0.465 e. The molecule has 0 radical (unpaired) electrons. The molecule has 1 aromatic carbocycles. The van der Waals surface area contributed by atoms with Crippen LogP contribution in [0.5, 0.6) is 0 Å². The summed E-state index contributed by atoms with van der Waals surface area (Å²) in [4.78, 5) is 12.0. The van der Waals surface area contributed by atoms with Crippen LogP contribution in [0.15, 0.2) is 30.3 Å². The van der Waals surface area contributed by atoms with Gasteiger partial charge in [-0.1, -0.05) is 43.7 Å². The molecule has 0 N–H and O–H groups in total. The standard InChI is InChI=1S/C15H22O3/c1-3-5-11-18-15(16)14(12-17-4-2)13-9-7-6-8-10-13/h6-10,14H,3-5,11-12H2,1-2H3. The summed E-state index contributed by atoms with van der Waals surface area (Å²) in [6.45, 7) is 5.47. The quantitative estimate of drug-likeness (QED) is 0.525. The minimum atomic E-state index is -0.317. The van der Waals surface area contributed by atoms with E-state index in [2.05, 4.69) is 6.92 Å². The number of esters is 1. The van der Waals surface area contributed by atoms with E-state index in [1.165, 1.54) is 0 Å². The number of hydrogen-bond acceptors (Lipinski definition) is 3. The van der Waals surface area contributed by atoms with Crippen molar-refractivity contribution >= 4 is 5.97 Å². The van der Waals surface area contributed by atoms with Crippen molar-refractivity contribution in [1.82, 2.24) is 0 Å². The maximum absolute atomic E-state index is 12.0. The maximum atomic E-state index is 12.0. The minimum Gasteiger partial charge on any atom is -0.465 e. The Morgan fingerprint density at radius 2 is 1.94 bits per heavy atom. The predicted molar refractivity (Wildman–Crippen MR) is 71.5 cm³/mol. The first-order chi connectivity index (χ1) is 8.79. The van der Waals surface area contributed by atoms with Gasteiger partial charge in [-0.25, -0.2) is 0 Å². The first-order valence-electron chi connectivity index (χ1n) is 6.58. The van der Waals surface area contributed by atoms with Crippen LogP contribution >= 0.6 is 0 Å². The molecule has 0 heterocycles. The molecule has 1 atom stereocenters. The van der Waals surface area contributed by atoms with Crippen LogP contribution in [0.3, 0.4) is 0 Å². The number of hydrogen-bond donors (Lipinski definition) is 0. The molecule has 0 aliphatic rings. The molecule has 0 bridgehead atoms. The van der Waals surface area contributed by atoms with Gasteiger partial charge in [-0.05, 0) is 18.9 Å². The first kappa shape index (κ1) is 14.7. The van der Waals surface area contributed by atoms with E-state index >= 15 is 0 Å². The van der Waals surface area contributed by atoms with Gasteiger partial charge in [-0.15, -0.1) is 0 Å². The SMILES string of the molecule is CCCCOC(=O)C(COCC)c1ccccc1. The van der Waals surface area contributed by atoms with E-state index < -0.39 is 0 Å². The smallest absolute Gasteiger partial charge is 0.315 e. The summed E-state index contributed by atoms with van der Waals surface area (Å²) in [5, 5.41) is 0. The zero-order chi connectivity index (χ0) is 13.2. The van der Waals surface area contributed by atoms with E-state index in [1.807, 2.05) is 37.3 Å². The highest BCUT2D eigenvalue weighted by molar-refractivity contribution is 5.78. The first-order valence-corrected chi connectivity index (χ1v) is 6.58. The fraction of sp³-hybridized carbons (Fsp3) is 0.533. The van der Waals surface area contributed by atoms with Crippen LogP contribution in [0.25, 0.3) is 0 Å². The van der Waals surface area contributed by atoms with Crippen LogP contribution in [-0.2, 0) is 14.3 Å². The summed E-state index contributed by atoms with van der Waals surface area (Å²) in [5.74, 6) is -0.508. The van der Waals surface area contributed by atoms with Crippen molar-refractivity contribution in [3.8, 4) is 0 Å². The molecule has 3 nitrogen and oxygen atoms in total. The number of rotatable bonds is 8. The van der Waals surface area contributed by atoms with Gasteiger partial charge in [-0.2, -0.15) is 0 Å². The molecule has 0 saturated heterocycles. The summed E-state index contributed by atoms with van der Waals surface area (Å²) < 4.78 is 10.7. The average Bonchev–Trinajstić information content (AvgIpc) is 2.41. The van der Waals surface area contributed by atoms with Gasteiger partial charge in [-0.3, -0.25) is 4.79 Å². The summed E-state index contributed by atoms with van der Waals surface area (Å²) in [6.07, 6.45) is 1.93. The number of unbranched alkanes of at least 4 members (excludes halogenated alkanes) is 1. The summed E-state index contributed by atoms with van der Waals surface area (Å²) >= 11 is 0. The fourth-order valence-corrected chi connectivity index (χ4v) is 1.64. The third-order valence-corrected chi connectivity index (χ3v) is 2.72. The lowest BCUT2D eigenvalue weighted by Crippen LogP contribution is -2.21. The molecule has 1 rings (SSSR count). The van der Waals surface area contributed by atoms with Crippen molar-refractivity contribution in [2.45, 2.75) is 32.6 Å². The van der Waals surface area contributed by atoms with Gasteiger partial charge < -0.3 is 9.47 Å². The van der Waals surface area contributed by atoms with Crippen molar-refractivity contribution < 1.29 is 14.3 Å². The third-order valence-electron chi connectivity index (χ3n) is 2.72. The Labute approximate surface area is 109 Å². The highest BCUT2D eigenvalue weighted by Gasteiger charge is 2.21. The van der Waals surface area contributed by atoms with Gasteiger partial charge in [0.2, 0.25) is 0 Å². The second-order valence-corrected chi connectivity index (χ2v) is 4.14. The van der Waals surface area contributed by atoms with Crippen LogP contribution in [-0.4, -0.2) is 25.8 Å². The number of carbonyl (C=O) groups excluding carboxylic acids is 1. The van der Waals surface area contributed by atoms with Crippen LogP contribution in [0.2, 0.25) is 0 Å². The van der Waals surface area contributed by atoms with Crippen molar-refractivity contribution in [2.75, 3.05) is 19.8 Å². The Morgan fingerprint density at radius 1 is 1.22 bits per heavy atom. The van der Waals surface area contributed by atoms with Gasteiger partial charge in [0.05, 0.1) is 13.2 Å². The molecule has 0 spiro atoms. The molecule has 100 valence electrons. The lowest BCUT2D eigenvalue weighted by Gasteiger charge is -2.16. The zero-order valence-corrected chi connectivity index (χ0v) is 11.2. The van der Waals surface area contributed by atoms with Crippen LogP contribution in [0.1, 0.15) is 38.2 Å².